The Hall–Kier alpha value is -2.65. The first-order valence-corrected chi connectivity index (χ1v) is 11.0. The molecule has 1 aromatic heterocycles. The van der Waals surface area contributed by atoms with E-state index in [1.54, 1.807) is 12.1 Å². The summed E-state index contributed by atoms with van der Waals surface area (Å²) in [5.41, 5.74) is 3.60. The minimum absolute atomic E-state index is 0.186. The van der Waals surface area contributed by atoms with Crippen molar-refractivity contribution >= 4 is 16.7 Å². The quantitative estimate of drug-likeness (QED) is 0.634. The van der Waals surface area contributed by atoms with E-state index < -0.39 is 12.3 Å². The highest BCUT2D eigenvalue weighted by Crippen LogP contribution is 2.36. The van der Waals surface area contributed by atoms with Crippen molar-refractivity contribution in [2.24, 2.45) is 0 Å². The zero-order valence-corrected chi connectivity index (χ0v) is 17.6. The number of anilines is 1. The van der Waals surface area contributed by atoms with Crippen molar-refractivity contribution in [3.63, 3.8) is 0 Å². The first kappa shape index (κ1) is 21.2. The van der Waals surface area contributed by atoms with Gasteiger partial charge in [0.25, 0.3) is 0 Å². The lowest BCUT2D eigenvalue weighted by molar-refractivity contribution is -0.206. The van der Waals surface area contributed by atoms with Crippen LogP contribution in [0.15, 0.2) is 41.0 Å². The zero-order chi connectivity index (χ0) is 22.3. The molecule has 0 bridgehead atoms. The van der Waals surface area contributed by atoms with E-state index >= 15 is 0 Å². The average molecular weight is 446 g/mol. The summed E-state index contributed by atoms with van der Waals surface area (Å²) in [5.74, 6) is 0. The summed E-state index contributed by atoms with van der Waals surface area (Å²) in [4.78, 5) is 4.89. The van der Waals surface area contributed by atoms with E-state index in [0.717, 1.165) is 42.7 Å². The smallest absolute Gasteiger partial charge is 0.379 e. The van der Waals surface area contributed by atoms with Crippen molar-refractivity contribution < 1.29 is 22.9 Å². The number of aliphatic hydroxyl groups is 1. The minimum Gasteiger partial charge on any atom is -0.379 e. The lowest BCUT2D eigenvalue weighted by Gasteiger charge is -2.37. The normalized spacial score (nSPS) is 19.7. The molecule has 9 heteroatoms. The third kappa shape index (κ3) is 4.06. The molecular weight excluding hydrogens is 421 g/mol. The highest BCUT2D eigenvalue weighted by molar-refractivity contribution is 5.92. The summed E-state index contributed by atoms with van der Waals surface area (Å²) in [6, 6.07) is 10.2. The Morgan fingerprint density at radius 2 is 1.62 bits per heavy atom. The number of halogens is 3. The van der Waals surface area contributed by atoms with Crippen LogP contribution in [0.4, 0.5) is 18.9 Å². The predicted octanol–water partition coefficient (Wildman–Crippen LogP) is 4.55. The van der Waals surface area contributed by atoms with Crippen LogP contribution in [-0.4, -0.2) is 58.7 Å². The van der Waals surface area contributed by atoms with Crippen LogP contribution in [0.1, 0.15) is 37.4 Å². The molecule has 0 amide bonds. The number of piperidine rings is 1. The van der Waals surface area contributed by atoms with Crippen molar-refractivity contribution in [3.05, 3.63) is 42.0 Å². The Morgan fingerprint density at radius 3 is 2.28 bits per heavy atom. The lowest BCUT2D eigenvalue weighted by Crippen LogP contribution is -2.43. The molecular formula is C23H25F3N4O2. The van der Waals surface area contributed by atoms with Gasteiger partial charge in [-0.1, -0.05) is 24.3 Å². The fourth-order valence-electron chi connectivity index (χ4n) is 4.91. The van der Waals surface area contributed by atoms with E-state index in [1.807, 2.05) is 12.1 Å². The number of hydrogen-bond acceptors (Lipinski definition) is 6. The van der Waals surface area contributed by atoms with Crippen LogP contribution in [0.3, 0.4) is 0 Å². The second-order valence-corrected chi connectivity index (χ2v) is 8.65. The lowest BCUT2D eigenvalue weighted by atomic mass is 9.98. The van der Waals surface area contributed by atoms with Gasteiger partial charge in [0.05, 0.1) is 5.69 Å². The molecule has 2 aromatic carbocycles. The van der Waals surface area contributed by atoms with Crippen LogP contribution in [0.2, 0.25) is 0 Å². The average Bonchev–Trinajstić information content (AvgIpc) is 3.50. The number of fused-ring (bicyclic) bond motifs is 1. The van der Waals surface area contributed by atoms with Gasteiger partial charge in [-0.3, -0.25) is 0 Å². The van der Waals surface area contributed by atoms with E-state index in [1.165, 1.54) is 38.1 Å². The van der Waals surface area contributed by atoms with Crippen molar-refractivity contribution in [1.82, 2.24) is 15.2 Å². The maximum absolute atomic E-state index is 12.8. The Kier molecular flexibility index (Phi) is 5.54. The van der Waals surface area contributed by atoms with Crippen LogP contribution in [-0.2, 0) is 0 Å². The van der Waals surface area contributed by atoms with E-state index in [-0.39, 0.29) is 5.56 Å². The molecule has 0 spiro atoms. The summed E-state index contributed by atoms with van der Waals surface area (Å²) in [7, 11) is 0. The van der Waals surface area contributed by atoms with Crippen LogP contribution >= 0.6 is 0 Å². The van der Waals surface area contributed by atoms with Gasteiger partial charge >= 0.3 is 6.18 Å². The van der Waals surface area contributed by atoms with Crippen molar-refractivity contribution in [2.75, 3.05) is 31.1 Å². The number of likely N-dealkylation sites (tertiary alicyclic amines) is 1. The Bertz CT molecular complexity index is 1070. The Labute approximate surface area is 183 Å². The molecule has 2 aliphatic heterocycles. The molecule has 3 aromatic rings. The molecule has 1 unspecified atom stereocenters. The minimum atomic E-state index is -4.69. The summed E-state index contributed by atoms with van der Waals surface area (Å²) in [6.07, 6.45) is -2.45. The number of alkyl halides is 3. The number of hydrogen-bond donors (Lipinski definition) is 1. The van der Waals surface area contributed by atoms with Gasteiger partial charge in [-0.15, -0.1) is 0 Å². The summed E-state index contributed by atoms with van der Waals surface area (Å²) < 4.78 is 43.4. The molecule has 2 aliphatic rings. The fraction of sp³-hybridized carbons (Fsp3) is 0.478. The van der Waals surface area contributed by atoms with Crippen LogP contribution in [0, 0.1) is 0 Å². The molecule has 2 fully saturated rings. The number of nitrogens with zero attached hydrogens (tertiary/aromatic N) is 4. The van der Waals surface area contributed by atoms with Gasteiger partial charge in [-0.25, -0.2) is 4.63 Å². The Morgan fingerprint density at radius 1 is 0.938 bits per heavy atom. The molecule has 170 valence electrons. The van der Waals surface area contributed by atoms with Gasteiger partial charge in [0.15, 0.2) is 11.6 Å². The molecule has 32 heavy (non-hydrogen) atoms. The monoisotopic (exact) mass is 446 g/mol. The molecule has 0 aliphatic carbocycles. The molecule has 1 N–H and O–H groups in total. The van der Waals surface area contributed by atoms with Crippen molar-refractivity contribution in [2.45, 2.75) is 44.0 Å². The third-order valence-corrected chi connectivity index (χ3v) is 6.67. The molecule has 6 nitrogen and oxygen atoms in total. The van der Waals surface area contributed by atoms with Gasteiger partial charge < -0.3 is 14.9 Å². The number of benzene rings is 2. The SMILES string of the molecule is OC(c1ccc(-c2cc(N3CCC(N4CCCC4)CC3)c3nonc3c2)cc1)C(F)(F)F. The summed E-state index contributed by atoms with van der Waals surface area (Å²) >= 11 is 0. The third-order valence-electron chi connectivity index (χ3n) is 6.67. The summed E-state index contributed by atoms with van der Waals surface area (Å²) in [6.45, 7) is 4.19. The highest BCUT2D eigenvalue weighted by Gasteiger charge is 2.39. The summed E-state index contributed by atoms with van der Waals surface area (Å²) in [5, 5.41) is 17.6. The molecule has 1 atom stereocenters. The van der Waals surface area contributed by atoms with Gasteiger partial charge in [0.2, 0.25) is 0 Å². The Balaban J connectivity index is 1.40. The van der Waals surface area contributed by atoms with E-state index in [9.17, 15) is 18.3 Å². The fourth-order valence-corrected chi connectivity index (χ4v) is 4.91. The van der Waals surface area contributed by atoms with Crippen molar-refractivity contribution in [1.29, 1.82) is 0 Å². The van der Waals surface area contributed by atoms with Gasteiger partial charge in [-0.05, 0) is 77.9 Å². The number of rotatable bonds is 4. The second-order valence-electron chi connectivity index (χ2n) is 8.65. The molecule has 5 rings (SSSR count). The second kappa shape index (κ2) is 8.37. The highest BCUT2D eigenvalue weighted by atomic mass is 19.4. The maximum Gasteiger partial charge on any atom is 0.418 e. The molecule has 0 saturated carbocycles. The molecule has 3 heterocycles. The van der Waals surface area contributed by atoms with E-state index in [2.05, 4.69) is 20.1 Å². The van der Waals surface area contributed by atoms with Crippen LogP contribution in [0.5, 0.6) is 0 Å². The molecule has 2 saturated heterocycles. The number of aliphatic hydroxyl groups excluding tert-OH is 1. The van der Waals surface area contributed by atoms with Gasteiger partial charge in [0, 0.05) is 19.1 Å². The number of aromatic nitrogens is 2. The van der Waals surface area contributed by atoms with E-state index in [4.69, 9.17) is 4.63 Å². The first-order chi connectivity index (χ1) is 15.4. The van der Waals surface area contributed by atoms with Crippen LogP contribution < -0.4 is 4.90 Å². The van der Waals surface area contributed by atoms with Crippen molar-refractivity contribution in [3.8, 4) is 11.1 Å². The van der Waals surface area contributed by atoms with Gasteiger partial charge in [0.1, 0.15) is 5.52 Å². The molecule has 0 radical (unpaired) electrons. The maximum atomic E-state index is 12.8. The van der Waals surface area contributed by atoms with E-state index in [0.29, 0.717) is 17.1 Å². The van der Waals surface area contributed by atoms with Gasteiger partial charge in [-0.2, -0.15) is 13.2 Å². The first-order valence-electron chi connectivity index (χ1n) is 11.0. The standard InChI is InChI=1S/C23H25F3N4O2/c24-23(25,26)22(31)16-5-3-15(4-6-16)17-13-19-21(28-32-27-19)20(14-17)30-11-7-18(8-12-30)29-9-1-2-10-29/h3-6,13-14,18,22,31H,1-2,7-12H2. The largest absolute Gasteiger partial charge is 0.418 e. The predicted molar refractivity (Wildman–Crippen MR) is 114 cm³/mol. The topological polar surface area (TPSA) is 65.6 Å². The zero-order valence-electron chi connectivity index (χ0n) is 17.6. The van der Waals surface area contributed by atoms with Crippen LogP contribution in [0.25, 0.3) is 22.2 Å².